The molecule has 77 valence electrons. The molecule has 0 aliphatic carbocycles. The predicted octanol–water partition coefficient (Wildman–Crippen LogP) is 0.798. The van der Waals surface area contributed by atoms with Gasteiger partial charge < -0.3 is 10.4 Å². The molecule has 3 nitrogen and oxygen atoms in total. The van der Waals surface area contributed by atoms with E-state index in [2.05, 4.69) is 19.2 Å². The quantitative estimate of drug-likeness (QED) is 0.712. The van der Waals surface area contributed by atoms with Crippen molar-refractivity contribution in [1.82, 2.24) is 5.32 Å². The molecular formula is C8H15NO2ReS. The molecular weight excluding hydrogens is 360 g/mol. The number of hydrogen-bond acceptors (Lipinski definition) is 3. The largest absolute Gasteiger partial charge is 0.480 e. The van der Waals surface area contributed by atoms with Crippen molar-refractivity contribution in [2.45, 2.75) is 25.1 Å². The number of rotatable bonds is 1. The molecule has 0 amide bonds. The van der Waals surface area contributed by atoms with E-state index in [1.807, 2.05) is 0 Å². The molecule has 1 aliphatic heterocycles. The molecule has 3 atom stereocenters. The van der Waals surface area contributed by atoms with Crippen LogP contribution in [0.2, 0.25) is 0 Å². The summed E-state index contributed by atoms with van der Waals surface area (Å²) >= 11 is 1.74. The van der Waals surface area contributed by atoms with Crippen molar-refractivity contribution in [3.8, 4) is 0 Å². The minimum absolute atomic E-state index is 0. The Morgan fingerprint density at radius 1 is 1.54 bits per heavy atom. The van der Waals surface area contributed by atoms with Gasteiger partial charge in [0.2, 0.25) is 0 Å². The van der Waals surface area contributed by atoms with Crippen LogP contribution in [0.5, 0.6) is 0 Å². The van der Waals surface area contributed by atoms with Crippen molar-refractivity contribution < 1.29 is 30.3 Å². The molecule has 3 unspecified atom stereocenters. The van der Waals surface area contributed by atoms with Gasteiger partial charge in [0.1, 0.15) is 6.04 Å². The van der Waals surface area contributed by atoms with Crippen molar-refractivity contribution in [3.63, 3.8) is 0 Å². The van der Waals surface area contributed by atoms with Crippen LogP contribution in [-0.2, 0) is 25.2 Å². The summed E-state index contributed by atoms with van der Waals surface area (Å²) in [6.07, 6.45) is 0. The summed E-state index contributed by atoms with van der Waals surface area (Å²) in [5.41, 5.74) is 0. The number of thioether (sulfide) groups is 1. The Bertz CT molecular complexity index is 168. The van der Waals surface area contributed by atoms with Crippen LogP contribution in [0.25, 0.3) is 0 Å². The van der Waals surface area contributed by atoms with Gasteiger partial charge in [0, 0.05) is 31.4 Å². The first kappa shape index (κ1) is 13.4. The van der Waals surface area contributed by atoms with Crippen molar-refractivity contribution in [2.75, 3.05) is 12.3 Å². The van der Waals surface area contributed by atoms with E-state index in [9.17, 15) is 4.79 Å². The Morgan fingerprint density at radius 3 is 2.69 bits per heavy atom. The Balaban J connectivity index is 0.00000144. The van der Waals surface area contributed by atoms with Gasteiger partial charge in [-0.3, -0.25) is 4.79 Å². The molecule has 1 fully saturated rings. The zero-order chi connectivity index (χ0) is 9.14. The van der Waals surface area contributed by atoms with Crippen molar-refractivity contribution in [1.29, 1.82) is 0 Å². The van der Waals surface area contributed by atoms with Crippen LogP contribution in [0.4, 0.5) is 0 Å². The molecule has 13 heavy (non-hydrogen) atoms. The van der Waals surface area contributed by atoms with Crippen molar-refractivity contribution >= 4 is 17.7 Å². The summed E-state index contributed by atoms with van der Waals surface area (Å²) in [5, 5.41) is 12.4. The Hall–Kier alpha value is 0.442. The van der Waals surface area contributed by atoms with Crippen LogP contribution in [0.15, 0.2) is 0 Å². The first-order chi connectivity index (χ1) is 5.61. The Morgan fingerprint density at radius 2 is 2.15 bits per heavy atom. The number of aliphatic carboxylic acids is 1. The number of carboxylic acids is 1. The van der Waals surface area contributed by atoms with Crippen LogP contribution >= 0.6 is 11.8 Å². The minimum Gasteiger partial charge on any atom is -0.480 e. The van der Waals surface area contributed by atoms with Crippen LogP contribution in [0, 0.1) is 5.92 Å². The van der Waals surface area contributed by atoms with E-state index < -0.39 is 5.97 Å². The molecule has 1 saturated heterocycles. The van der Waals surface area contributed by atoms with Crippen LogP contribution in [0.1, 0.15) is 13.8 Å². The van der Waals surface area contributed by atoms with E-state index in [0.29, 0.717) is 16.9 Å². The topological polar surface area (TPSA) is 49.3 Å². The third-order valence-electron chi connectivity index (χ3n) is 2.31. The Labute approximate surface area is 96.7 Å². The van der Waals surface area contributed by atoms with E-state index in [0.717, 1.165) is 6.54 Å². The molecule has 0 aromatic rings. The van der Waals surface area contributed by atoms with Crippen LogP contribution < -0.4 is 5.32 Å². The number of carboxylic acid groups (broad SMARTS) is 1. The molecule has 5 heteroatoms. The van der Waals surface area contributed by atoms with Gasteiger partial charge in [0.15, 0.2) is 0 Å². The normalized spacial score (nSPS) is 34.5. The first-order valence-corrected chi connectivity index (χ1v) is 5.24. The zero-order valence-electron chi connectivity index (χ0n) is 7.79. The Kier molecular flexibility index (Phi) is 6.23. The predicted molar refractivity (Wildman–Crippen MR) is 50.5 cm³/mol. The van der Waals surface area contributed by atoms with Crippen molar-refractivity contribution in [2.24, 2.45) is 5.92 Å². The van der Waals surface area contributed by atoms with E-state index in [4.69, 9.17) is 5.11 Å². The van der Waals surface area contributed by atoms with Crippen molar-refractivity contribution in [3.05, 3.63) is 0 Å². The number of nitrogens with one attached hydrogen (secondary N) is 1. The van der Waals surface area contributed by atoms with Gasteiger partial charge in [-0.25, -0.2) is 0 Å². The molecule has 0 aromatic heterocycles. The second-order valence-corrected chi connectivity index (χ2v) is 4.73. The molecule has 1 rings (SSSR count). The van der Waals surface area contributed by atoms with Gasteiger partial charge in [-0.1, -0.05) is 13.8 Å². The van der Waals surface area contributed by atoms with E-state index in [1.165, 1.54) is 0 Å². The molecule has 1 aliphatic rings. The fourth-order valence-electron chi connectivity index (χ4n) is 1.12. The minimum atomic E-state index is -0.733. The van der Waals surface area contributed by atoms with E-state index >= 15 is 0 Å². The number of hydrogen-bond donors (Lipinski definition) is 2. The molecule has 2 N–H and O–H groups in total. The fourth-order valence-corrected chi connectivity index (χ4v) is 2.31. The monoisotopic (exact) mass is 376 g/mol. The average Bonchev–Trinajstić information content (AvgIpc) is 2.16. The maximum absolute atomic E-state index is 10.6. The second-order valence-electron chi connectivity index (χ2n) is 3.31. The number of carbonyl (C=O) groups is 1. The molecule has 0 aromatic carbocycles. The van der Waals surface area contributed by atoms with Crippen LogP contribution in [0.3, 0.4) is 0 Å². The maximum atomic E-state index is 10.6. The van der Waals surface area contributed by atoms with Gasteiger partial charge in [0.05, 0.1) is 0 Å². The standard InChI is InChI=1S/C8H15NO2S.Re/c1-5-3-9-7(8(10)11)4-12-6(5)2;/h5-7,9H,3-4H2,1-2H3,(H,10,11);. The molecule has 0 saturated carbocycles. The molecule has 0 bridgehead atoms. The maximum Gasteiger partial charge on any atom is 0.321 e. The van der Waals surface area contributed by atoms with Crippen LogP contribution in [-0.4, -0.2) is 34.7 Å². The van der Waals surface area contributed by atoms with Gasteiger partial charge >= 0.3 is 5.97 Å². The van der Waals surface area contributed by atoms with Gasteiger partial charge in [-0.15, -0.1) is 0 Å². The first-order valence-electron chi connectivity index (χ1n) is 4.19. The SMILES string of the molecule is CC1CNC(C(=O)O)CSC1C.[Re]. The summed E-state index contributed by atoms with van der Waals surface area (Å²) in [6.45, 7) is 5.11. The van der Waals surface area contributed by atoms with E-state index in [1.54, 1.807) is 11.8 Å². The smallest absolute Gasteiger partial charge is 0.321 e. The molecule has 1 heterocycles. The zero-order valence-corrected chi connectivity index (χ0v) is 11.3. The molecule has 0 spiro atoms. The van der Waals surface area contributed by atoms with Gasteiger partial charge in [0.25, 0.3) is 0 Å². The molecule has 1 radical (unpaired) electrons. The summed E-state index contributed by atoms with van der Waals surface area (Å²) in [5.74, 6) is 0.504. The summed E-state index contributed by atoms with van der Waals surface area (Å²) in [6, 6.07) is -0.359. The third kappa shape index (κ3) is 3.99. The average molecular weight is 375 g/mol. The van der Waals surface area contributed by atoms with E-state index in [-0.39, 0.29) is 26.5 Å². The van der Waals surface area contributed by atoms with Gasteiger partial charge in [-0.05, 0) is 12.5 Å². The second kappa shape index (κ2) is 6.03. The fraction of sp³-hybridized carbons (Fsp3) is 0.875. The third-order valence-corrected chi connectivity index (χ3v) is 3.83. The van der Waals surface area contributed by atoms with Gasteiger partial charge in [-0.2, -0.15) is 11.8 Å². The summed E-state index contributed by atoms with van der Waals surface area (Å²) < 4.78 is 0. The summed E-state index contributed by atoms with van der Waals surface area (Å²) in [7, 11) is 0. The summed E-state index contributed by atoms with van der Waals surface area (Å²) in [4.78, 5) is 10.6.